The summed E-state index contributed by atoms with van der Waals surface area (Å²) < 4.78 is 11.9. The van der Waals surface area contributed by atoms with E-state index in [1.54, 1.807) is 4.90 Å². The molecular weight excluding hydrogens is 528 g/mol. The largest absolute Gasteiger partial charge is 0.462 e. The van der Waals surface area contributed by atoms with Gasteiger partial charge in [0.1, 0.15) is 18.0 Å². The number of hydrogen-bond acceptors (Lipinski definition) is 8. The van der Waals surface area contributed by atoms with Crippen LogP contribution in [0.2, 0.25) is 0 Å². The quantitative estimate of drug-likeness (QED) is 0.300. The fraction of sp³-hybridized carbons (Fsp3) is 0.455. The number of hydrogen-bond donors (Lipinski definition) is 0. The molecule has 2 atom stereocenters. The van der Waals surface area contributed by atoms with Gasteiger partial charge in [-0.1, -0.05) is 42.5 Å². The Morgan fingerprint density at radius 1 is 0.952 bits per heavy atom. The maximum absolute atomic E-state index is 12.8. The Morgan fingerprint density at radius 2 is 1.76 bits per heavy atom. The zero-order valence-corrected chi connectivity index (χ0v) is 25.2. The number of carbonyl (C=O) groups is 1. The van der Waals surface area contributed by atoms with Crippen LogP contribution in [0.25, 0.3) is 33.1 Å². The smallest absolute Gasteiger partial charge is 0.410 e. The molecule has 0 saturated carbocycles. The molecule has 9 nitrogen and oxygen atoms in total. The van der Waals surface area contributed by atoms with Crippen LogP contribution in [0.4, 0.5) is 10.6 Å². The highest BCUT2D eigenvalue weighted by molar-refractivity contribution is 5.97. The number of amides is 1. The van der Waals surface area contributed by atoms with Crippen LogP contribution >= 0.6 is 0 Å². The van der Waals surface area contributed by atoms with E-state index in [1.165, 1.54) is 11.8 Å². The van der Waals surface area contributed by atoms with Crippen molar-refractivity contribution in [3.63, 3.8) is 0 Å². The van der Waals surface area contributed by atoms with Crippen LogP contribution in [-0.2, 0) is 4.74 Å². The number of rotatable bonds is 5. The Hall–Kier alpha value is -3.98. The van der Waals surface area contributed by atoms with E-state index in [2.05, 4.69) is 72.3 Å². The number of ether oxygens (including phenoxy) is 2. The molecule has 0 radical (unpaired) electrons. The Morgan fingerprint density at radius 3 is 2.52 bits per heavy atom. The lowest BCUT2D eigenvalue weighted by Crippen LogP contribution is -2.54. The minimum Gasteiger partial charge on any atom is -0.462 e. The summed E-state index contributed by atoms with van der Waals surface area (Å²) in [7, 11) is 2.14. The van der Waals surface area contributed by atoms with Crippen molar-refractivity contribution in [1.82, 2.24) is 24.8 Å². The minimum atomic E-state index is -0.534. The summed E-state index contributed by atoms with van der Waals surface area (Å²) in [6.07, 6.45) is 1.99. The predicted octanol–water partition coefficient (Wildman–Crippen LogP) is 5.76. The van der Waals surface area contributed by atoms with E-state index in [-0.39, 0.29) is 12.1 Å². The number of likely N-dealkylation sites (N-methyl/N-ethyl adjacent to an activating group) is 1. The van der Waals surface area contributed by atoms with Crippen LogP contribution in [0.1, 0.15) is 40.5 Å². The van der Waals surface area contributed by atoms with E-state index < -0.39 is 5.60 Å². The zero-order chi connectivity index (χ0) is 29.4. The van der Waals surface area contributed by atoms with Gasteiger partial charge in [-0.2, -0.15) is 9.97 Å². The van der Waals surface area contributed by atoms with Crippen molar-refractivity contribution in [2.45, 2.75) is 58.2 Å². The highest BCUT2D eigenvalue weighted by Gasteiger charge is 2.32. The van der Waals surface area contributed by atoms with E-state index in [4.69, 9.17) is 24.4 Å². The van der Waals surface area contributed by atoms with Crippen LogP contribution in [0, 0.1) is 0 Å². The van der Waals surface area contributed by atoms with Gasteiger partial charge in [-0.05, 0) is 77.0 Å². The fourth-order valence-corrected chi connectivity index (χ4v) is 5.98. The molecule has 0 unspecified atom stereocenters. The molecule has 2 aromatic heterocycles. The molecule has 2 fully saturated rings. The second-order valence-corrected chi connectivity index (χ2v) is 12.5. The van der Waals surface area contributed by atoms with Crippen LogP contribution in [0.5, 0.6) is 6.01 Å². The van der Waals surface area contributed by atoms with Crippen molar-refractivity contribution in [2.24, 2.45) is 0 Å². The molecule has 2 aromatic carbocycles. The summed E-state index contributed by atoms with van der Waals surface area (Å²) in [6, 6.07) is 19.4. The second kappa shape index (κ2) is 11.4. The first-order valence-electron chi connectivity index (χ1n) is 14.9. The molecule has 2 saturated heterocycles. The predicted molar refractivity (Wildman–Crippen MR) is 166 cm³/mol. The molecule has 0 spiro atoms. The van der Waals surface area contributed by atoms with E-state index in [9.17, 15) is 4.79 Å². The summed E-state index contributed by atoms with van der Waals surface area (Å²) in [5, 5.41) is 3.18. The number of piperazine rings is 1. The van der Waals surface area contributed by atoms with Gasteiger partial charge in [0, 0.05) is 37.3 Å². The van der Waals surface area contributed by atoms with Gasteiger partial charge in [0.2, 0.25) is 0 Å². The topological polar surface area (TPSA) is 83.9 Å². The number of anilines is 1. The highest BCUT2D eigenvalue weighted by Crippen LogP contribution is 2.33. The van der Waals surface area contributed by atoms with Crippen molar-refractivity contribution < 1.29 is 14.3 Å². The molecule has 6 rings (SSSR count). The molecule has 42 heavy (non-hydrogen) atoms. The number of nitrogens with zero attached hydrogens (tertiary/aromatic N) is 6. The van der Waals surface area contributed by atoms with Gasteiger partial charge in [0.05, 0.1) is 11.1 Å². The van der Waals surface area contributed by atoms with Crippen molar-refractivity contribution in [3.8, 4) is 17.3 Å². The fourth-order valence-electron chi connectivity index (χ4n) is 5.98. The summed E-state index contributed by atoms with van der Waals surface area (Å²) >= 11 is 0. The molecule has 1 amide bonds. The molecule has 4 heterocycles. The van der Waals surface area contributed by atoms with Gasteiger partial charge < -0.3 is 24.2 Å². The lowest BCUT2D eigenvalue weighted by Gasteiger charge is -2.41. The number of fused-ring (bicyclic) bond motifs is 2. The molecule has 2 aliphatic heterocycles. The minimum absolute atomic E-state index is 0.0101. The summed E-state index contributed by atoms with van der Waals surface area (Å²) in [5.74, 6) is 0.781. The average Bonchev–Trinajstić information content (AvgIpc) is 3.38. The molecule has 9 heteroatoms. The number of carbonyl (C=O) groups excluding carboxylic acids is 1. The molecule has 0 N–H and O–H groups in total. The van der Waals surface area contributed by atoms with Gasteiger partial charge in [0.15, 0.2) is 5.65 Å². The van der Waals surface area contributed by atoms with Gasteiger partial charge in [-0.3, -0.25) is 0 Å². The van der Waals surface area contributed by atoms with Gasteiger partial charge >= 0.3 is 12.1 Å². The standard InChI is InChI=1S/C33H40N6O3/c1-22-20-38(32(40)42-33(2,3)4)18-19-39(22)30-27-15-16-28(26-14-8-11-23-10-6-7-13-25(23)26)34-29(27)35-31(36-30)41-21-24-12-9-17-37(24)5/h6-8,10-11,13-16,22,24H,9,12,17-21H2,1-5H3/t22-,24+/m1/s1. The van der Waals surface area contributed by atoms with Crippen LogP contribution in [-0.4, -0.2) is 88.4 Å². The van der Waals surface area contributed by atoms with Crippen molar-refractivity contribution in [1.29, 1.82) is 0 Å². The summed E-state index contributed by atoms with van der Waals surface area (Å²) in [4.78, 5) is 34.0. The normalized spacial score (nSPS) is 19.9. The first-order chi connectivity index (χ1) is 20.2. The molecular formula is C33H40N6O3. The average molecular weight is 569 g/mol. The summed E-state index contributed by atoms with van der Waals surface area (Å²) in [6.45, 7) is 11.1. The summed E-state index contributed by atoms with van der Waals surface area (Å²) in [5.41, 5.74) is 1.98. The number of pyridine rings is 1. The third-order valence-corrected chi connectivity index (χ3v) is 8.21. The van der Waals surface area contributed by atoms with Gasteiger partial charge in [-0.15, -0.1) is 0 Å². The van der Waals surface area contributed by atoms with Crippen molar-refractivity contribution in [3.05, 3.63) is 54.6 Å². The SMILES string of the molecule is C[C@@H]1CN(C(=O)OC(C)(C)C)CCN1c1nc(OC[C@@H]2CCCN2C)nc2nc(-c3cccc4ccccc34)ccc12. The van der Waals surface area contributed by atoms with Crippen molar-refractivity contribution in [2.75, 3.05) is 44.7 Å². The lowest BCUT2D eigenvalue weighted by atomic mass is 10.0. The number of benzene rings is 2. The molecule has 220 valence electrons. The van der Waals surface area contributed by atoms with Gasteiger partial charge in [0.25, 0.3) is 0 Å². The lowest BCUT2D eigenvalue weighted by molar-refractivity contribution is 0.0218. The molecule has 0 bridgehead atoms. The maximum atomic E-state index is 12.8. The third kappa shape index (κ3) is 5.83. The number of aromatic nitrogens is 3. The molecule has 2 aliphatic rings. The number of likely N-dealkylation sites (tertiary alicyclic amines) is 1. The van der Waals surface area contributed by atoms with E-state index in [0.717, 1.165) is 40.8 Å². The first-order valence-corrected chi connectivity index (χ1v) is 14.9. The van der Waals surface area contributed by atoms with E-state index >= 15 is 0 Å². The molecule has 4 aromatic rings. The van der Waals surface area contributed by atoms with E-state index in [0.29, 0.717) is 43.9 Å². The Labute approximate surface area is 247 Å². The van der Waals surface area contributed by atoms with Crippen LogP contribution < -0.4 is 9.64 Å². The van der Waals surface area contributed by atoms with Crippen LogP contribution in [0.15, 0.2) is 54.6 Å². The van der Waals surface area contributed by atoms with Crippen LogP contribution in [0.3, 0.4) is 0 Å². The van der Waals surface area contributed by atoms with E-state index in [1.807, 2.05) is 26.8 Å². The third-order valence-electron chi connectivity index (χ3n) is 8.21. The Balaban J connectivity index is 1.35. The Bertz CT molecular complexity index is 1600. The van der Waals surface area contributed by atoms with Crippen molar-refractivity contribution >= 4 is 33.7 Å². The molecule has 0 aliphatic carbocycles. The first kappa shape index (κ1) is 28.2. The highest BCUT2D eigenvalue weighted by atomic mass is 16.6. The Kier molecular flexibility index (Phi) is 7.62. The monoisotopic (exact) mass is 568 g/mol. The second-order valence-electron chi connectivity index (χ2n) is 12.5. The maximum Gasteiger partial charge on any atom is 0.410 e. The zero-order valence-electron chi connectivity index (χ0n) is 25.2. The van der Waals surface area contributed by atoms with Gasteiger partial charge in [-0.25, -0.2) is 9.78 Å².